The average molecular weight is 851 g/mol. The quantitative estimate of drug-likeness (QED) is 0.127. The standard InChI is InChI=1S/4C9H5N3P.Pd/c4*10-6-13(7-11,8-12)9-4-2-1-3-5-9;/h4*1-5H;/q4*+1;-4. The second kappa shape index (κ2) is 12.7. The summed E-state index contributed by atoms with van der Waals surface area (Å²) in [5, 5.41) is 142. The van der Waals surface area contributed by atoms with Crippen LogP contribution in [-0.4, -0.2) is 0 Å². The first-order valence-electron chi connectivity index (χ1n) is 14.5. The van der Waals surface area contributed by atoms with Gasteiger partial charge in [0.2, 0.25) is 0 Å². The van der Waals surface area contributed by atoms with Crippen LogP contribution in [0.2, 0.25) is 0 Å². The van der Waals surface area contributed by atoms with E-state index in [9.17, 15) is 63.1 Å². The van der Waals surface area contributed by atoms with Gasteiger partial charge >= 0.3 is 308 Å². The molecule has 53 heavy (non-hydrogen) atoms. The van der Waals surface area contributed by atoms with Crippen LogP contribution in [0.25, 0.3) is 0 Å². The van der Waals surface area contributed by atoms with Crippen LogP contribution in [0.15, 0.2) is 121 Å². The molecule has 254 valence electrons. The number of rotatable bonds is 8. The first-order valence-corrected chi connectivity index (χ1v) is 31.1. The van der Waals surface area contributed by atoms with E-state index in [1.807, 2.05) is 0 Å². The Bertz CT molecular complexity index is 2210. The summed E-state index contributed by atoms with van der Waals surface area (Å²) in [7, 11) is 0. The van der Waals surface area contributed by atoms with Crippen LogP contribution in [0.4, 0.5) is 0 Å². The third-order valence-corrected chi connectivity index (χ3v) is 108. The number of nitrogens with zero attached hydrogens (tertiary/aromatic N) is 12. The van der Waals surface area contributed by atoms with Gasteiger partial charge in [0.15, 0.2) is 0 Å². The topological polar surface area (TPSA) is 285 Å². The van der Waals surface area contributed by atoms with Crippen molar-refractivity contribution in [1.82, 2.24) is 0 Å². The number of nitriles is 12. The molecule has 0 spiro atoms. The van der Waals surface area contributed by atoms with Crippen molar-refractivity contribution in [3.63, 3.8) is 0 Å². The van der Waals surface area contributed by atoms with E-state index in [1.165, 1.54) is 72.8 Å². The summed E-state index contributed by atoms with van der Waals surface area (Å²) < 4.78 is 0. The fourth-order valence-corrected chi connectivity index (χ4v) is 143. The normalized spacial score (nSPS) is 15.5. The summed E-state index contributed by atoms with van der Waals surface area (Å²) in [5.74, 6) is 21.7. The van der Waals surface area contributed by atoms with Gasteiger partial charge in [-0.15, -0.1) is 0 Å². The maximum atomic E-state index is 12.0. The van der Waals surface area contributed by atoms with Gasteiger partial charge in [-0.25, -0.2) is 0 Å². The molecule has 4 aromatic rings. The Balaban J connectivity index is 3.08. The fraction of sp³-hybridized carbons (Fsp3) is 0. The molecule has 4 aromatic carbocycles. The van der Waals surface area contributed by atoms with Gasteiger partial charge in [0.05, 0.1) is 0 Å². The molecule has 4 rings (SSSR count). The summed E-state index contributed by atoms with van der Waals surface area (Å²) in [6.45, 7) is 0. The first-order chi connectivity index (χ1) is 25.5. The molecule has 0 unspecified atom stereocenters. The molecule has 12 nitrogen and oxygen atoms in total. The monoisotopic (exact) mass is 850 g/mol. The van der Waals surface area contributed by atoms with Crippen molar-refractivity contribution in [2.75, 3.05) is 0 Å². The SMILES string of the molecule is N#C[P](C#N)(C#N)(c1ccccc1)[Pd]([P](C#N)(C#N)(C#N)c1ccccc1)([P](C#N)(C#N)(C#N)c1ccccc1)[P](C#N)(C#N)(C#N)c1ccccc1. The van der Waals surface area contributed by atoms with Gasteiger partial charge in [0, 0.05) is 0 Å². The molecule has 0 aliphatic heterocycles. The van der Waals surface area contributed by atoms with E-state index in [0.29, 0.717) is 0 Å². The Morgan fingerprint density at radius 3 is 0.491 bits per heavy atom. The van der Waals surface area contributed by atoms with Crippen molar-refractivity contribution >= 4 is 40.4 Å². The van der Waals surface area contributed by atoms with Gasteiger partial charge in [-0.05, 0) is 0 Å². The Kier molecular flexibility index (Phi) is 9.35. The Labute approximate surface area is 306 Å². The summed E-state index contributed by atoms with van der Waals surface area (Å²) in [4.78, 5) is -28.4. The van der Waals surface area contributed by atoms with Crippen LogP contribution in [0.5, 0.6) is 0 Å². The van der Waals surface area contributed by atoms with Gasteiger partial charge in [-0.2, -0.15) is 0 Å². The third-order valence-electron chi connectivity index (χ3n) is 8.60. The number of hydrogen-bond donors (Lipinski definition) is 0. The molecule has 0 aliphatic carbocycles. The van der Waals surface area contributed by atoms with Crippen LogP contribution in [-0.2, 0) is 13.6 Å². The summed E-state index contributed by atoms with van der Waals surface area (Å²) in [5.41, 5.74) is 0. The van der Waals surface area contributed by atoms with Gasteiger partial charge < -0.3 is 0 Å². The van der Waals surface area contributed by atoms with Gasteiger partial charge in [0.25, 0.3) is 0 Å². The molecular formula is C36H20N12P4Pd. The van der Waals surface area contributed by atoms with Crippen molar-refractivity contribution in [1.29, 1.82) is 63.1 Å². The molecule has 0 fully saturated rings. The van der Waals surface area contributed by atoms with E-state index in [-0.39, 0.29) is 0 Å². The molecule has 0 N–H and O–H groups in total. The van der Waals surface area contributed by atoms with Crippen molar-refractivity contribution in [2.45, 2.75) is 0 Å². The van der Waals surface area contributed by atoms with Crippen molar-refractivity contribution in [3.8, 4) is 69.7 Å². The molecule has 0 aliphatic rings. The first kappa shape index (κ1) is 38.9. The van der Waals surface area contributed by atoms with Crippen LogP contribution in [0.3, 0.4) is 0 Å². The van der Waals surface area contributed by atoms with Gasteiger partial charge in [-0.3, -0.25) is 0 Å². The molecule has 0 aromatic heterocycles. The summed E-state index contributed by atoms with van der Waals surface area (Å²) in [6, 6.07) is 24.3. The minimum atomic E-state index is -7.53. The van der Waals surface area contributed by atoms with Gasteiger partial charge in [0.1, 0.15) is 0 Å². The predicted octanol–water partition coefficient (Wildman–Crippen LogP) is 7.09. The average Bonchev–Trinajstić information content (AvgIpc) is 3.26. The predicted molar refractivity (Wildman–Crippen MR) is 199 cm³/mol. The molecule has 0 heterocycles. The summed E-state index contributed by atoms with van der Waals surface area (Å²) in [6.07, 6.45) is 0. The third kappa shape index (κ3) is 3.58. The van der Waals surface area contributed by atoms with Gasteiger partial charge in [-0.1, -0.05) is 0 Å². The zero-order valence-electron chi connectivity index (χ0n) is 27.0. The molecule has 0 atom stereocenters. The molecular weight excluding hydrogens is 831 g/mol. The molecule has 0 bridgehead atoms. The van der Waals surface area contributed by atoms with E-state index < -0.39 is 53.9 Å². The Hall–Kier alpha value is -6.86. The zero-order chi connectivity index (χ0) is 39.2. The number of benzene rings is 4. The van der Waals surface area contributed by atoms with Crippen molar-refractivity contribution in [2.24, 2.45) is 0 Å². The van der Waals surface area contributed by atoms with Crippen LogP contribution in [0, 0.1) is 133 Å². The van der Waals surface area contributed by atoms with Crippen LogP contribution >= 0.6 is 19.2 Å². The second-order valence-electron chi connectivity index (χ2n) is 10.7. The van der Waals surface area contributed by atoms with E-state index in [4.69, 9.17) is 0 Å². The molecule has 0 radical (unpaired) electrons. The minimum absolute atomic E-state index is 0.620. The summed E-state index contributed by atoms with van der Waals surface area (Å²) >= 11 is -7.53. The van der Waals surface area contributed by atoms with E-state index in [2.05, 4.69) is 0 Å². The van der Waals surface area contributed by atoms with Crippen LogP contribution < -0.4 is 21.2 Å². The second-order valence-corrected chi connectivity index (χ2v) is 59.3. The molecule has 0 saturated heterocycles. The molecule has 0 saturated carbocycles. The van der Waals surface area contributed by atoms with E-state index in [0.717, 1.165) is 48.5 Å². The number of hydrogen-bond acceptors (Lipinski definition) is 12. The maximum absolute atomic E-state index is 12.0. The Morgan fingerprint density at radius 2 is 0.377 bits per heavy atom. The fourth-order valence-electron chi connectivity index (χ4n) is 6.22. The Morgan fingerprint density at radius 1 is 0.245 bits per heavy atom. The zero-order valence-corrected chi connectivity index (χ0v) is 32.2. The molecule has 17 heteroatoms. The van der Waals surface area contributed by atoms with Crippen molar-refractivity contribution < 1.29 is 13.6 Å². The molecule has 0 amide bonds. The van der Waals surface area contributed by atoms with E-state index in [1.54, 1.807) is 69.7 Å². The van der Waals surface area contributed by atoms with Crippen LogP contribution in [0.1, 0.15) is 0 Å². The van der Waals surface area contributed by atoms with E-state index >= 15 is 0 Å². The van der Waals surface area contributed by atoms with Crippen molar-refractivity contribution in [3.05, 3.63) is 121 Å².